The predicted molar refractivity (Wildman–Crippen MR) is 42.2 cm³/mol. The van der Waals surface area contributed by atoms with Crippen molar-refractivity contribution in [1.29, 1.82) is 0 Å². The normalized spacial score (nSPS) is 19.2. The number of hydrogen-bond donors (Lipinski definition) is 2. The van der Waals surface area contributed by atoms with Crippen molar-refractivity contribution in [2.45, 2.75) is 37.1 Å². The predicted octanol–water partition coefficient (Wildman–Crippen LogP) is -0.409. The van der Waals surface area contributed by atoms with E-state index in [4.69, 9.17) is 0 Å². The maximum absolute atomic E-state index is 9.58. The second kappa shape index (κ2) is 2.77. The molecule has 6 radical (unpaired) electrons. The summed E-state index contributed by atoms with van der Waals surface area (Å²) in [6.07, 6.45) is 0. The molecule has 1 unspecified atom stereocenters. The summed E-state index contributed by atoms with van der Waals surface area (Å²) < 4.78 is 0. The molecule has 0 aromatic rings. The lowest BCUT2D eigenvalue weighted by Crippen LogP contribution is -2.51. The van der Waals surface area contributed by atoms with Gasteiger partial charge in [-0.15, -0.1) is 0 Å². The van der Waals surface area contributed by atoms with E-state index in [0.717, 1.165) is 0 Å². The quantitative estimate of drug-likeness (QED) is 0.556. The Balaban J connectivity index is 4.40. The lowest BCUT2D eigenvalue weighted by molar-refractivity contribution is -0.112. The molecule has 0 bridgehead atoms. The monoisotopic (exact) mass is 172 g/mol. The van der Waals surface area contributed by atoms with Gasteiger partial charge in [-0.1, -0.05) is 0 Å². The van der Waals surface area contributed by atoms with Gasteiger partial charge < -0.3 is 10.2 Å². The Morgan fingerprint density at radius 3 is 1.40 bits per heavy atom. The molecule has 0 aromatic carbocycles. The van der Waals surface area contributed by atoms with E-state index in [9.17, 15) is 10.2 Å². The molecule has 56 valence electrons. The Morgan fingerprint density at radius 2 is 1.40 bits per heavy atom. The van der Waals surface area contributed by atoms with E-state index in [1.54, 1.807) is 20.8 Å². The van der Waals surface area contributed by atoms with Gasteiger partial charge in [0.05, 0.1) is 11.2 Å². The zero-order valence-electron chi connectivity index (χ0n) is 6.47. The Labute approximate surface area is 68.5 Å². The summed E-state index contributed by atoms with van der Waals surface area (Å²) in [6.45, 7) is 4.66. The van der Waals surface area contributed by atoms with Gasteiger partial charge in [-0.25, -0.2) is 0 Å². The van der Waals surface area contributed by atoms with Gasteiger partial charge in [0.25, 0.3) is 0 Å². The number of rotatable bonds is 2. The first-order valence-electron chi connectivity index (χ1n) is 3.06. The lowest BCUT2D eigenvalue weighted by Gasteiger charge is -2.38. The molecule has 2 nitrogen and oxygen atoms in total. The summed E-state index contributed by atoms with van der Waals surface area (Å²) in [5, 5.41) is 18.7. The fourth-order valence-corrected chi connectivity index (χ4v) is 1.06. The molecule has 2 N–H and O–H groups in total. The first-order valence-corrected chi connectivity index (χ1v) is 4.22. The average Bonchev–Trinajstić information content (AvgIpc) is 1.62. The molecule has 0 aliphatic carbocycles. The van der Waals surface area contributed by atoms with Crippen LogP contribution in [0.5, 0.6) is 0 Å². The highest BCUT2D eigenvalue weighted by Crippen LogP contribution is 2.28. The molecule has 0 aromatic heterocycles. The second-order valence-corrected chi connectivity index (χ2v) is 4.87. The third-order valence-electron chi connectivity index (χ3n) is 1.80. The van der Waals surface area contributed by atoms with E-state index in [1.165, 1.54) is 0 Å². The van der Waals surface area contributed by atoms with Crippen LogP contribution in [0.4, 0.5) is 0 Å². The summed E-state index contributed by atoms with van der Waals surface area (Å²) in [4.78, 5) is 0. The van der Waals surface area contributed by atoms with E-state index in [1.807, 2.05) is 0 Å². The fourth-order valence-electron chi connectivity index (χ4n) is 0.353. The highest BCUT2D eigenvalue weighted by molar-refractivity contribution is 6.36. The van der Waals surface area contributed by atoms with Gasteiger partial charge in [0.2, 0.25) is 0 Å². The van der Waals surface area contributed by atoms with Crippen molar-refractivity contribution < 1.29 is 10.2 Å². The summed E-state index contributed by atoms with van der Waals surface area (Å²) in [5.74, 6) is 0. The molecule has 0 heterocycles. The van der Waals surface area contributed by atoms with Crippen molar-refractivity contribution in [3.05, 3.63) is 0 Å². The van der Waals surface area contributed by atoms with Crippen LogP contribution in [0.3, 0.4) is 0 Å². The van der Waals surface area contributed by atoms with Gasteiger partial charge in [0.15, 0.2) is 0 Å². The van der Waals surface area contributed by atoms with Crippen molar-refractivity contribution >= 4 is 20.5 Å². The fraction of sp³-hybridized carbons (Fsp3) is 1.00. The van der Waals surface area contributed by atoms with E-state index in [0.29, 0.717) is 0 Å². The van der Waals surface area contributed by atoms with Crippen LogP contribution in [-0.2, 0) is 0 Å². The highest BCUT2D eigenvalue weighted by Gasteiger charge is 2.39. The molecule has 0 aliphatic heterocycles. The zero-order chi connectivity index (χ0) is 8.58. The largest absolute Gasteiger partial charge is 0.388 e. The van der Waals surface area contributed by atoms with Crippen LogP contribution in [0.2, 0.25) is 5.16 Å². The molecule has 0 amide bonds. The molecule has 4 heteroatoms. The van der Waals surface area contributed by atoms with Crippen molar-refractivity contribution in [1.82, 2.24) is 0 Å². The lowest BCUT2D eigenvalue weighted by atomic mass is 9.89. The van der Waals surface area contributed by atoms with Crippen LogP contribution in [0.25, 0.3) is 0 Å². The number of aliphatic hydroxyl groups is 2. The molecule has 0 saturated heterocycles. The topological polar surface area (TPSA) is 40.5 Å². The van der Waals surface area contributed by atoms with E-state index in [2.05, 4.69) is 20.5 Å². The van der Waals surface area contributed by atoms with Crippen LogP contribution in [-0.4, -0.2) is 41.9 Å². The minimum absolute atomic E-state index is 0.326. The van der Waals surface area contributed by atoms with Crippen molar-refractivity contribution in [2.24, 2.45) is 0 Å². The maximum atomic E-state index is 9.58. The molecule has 10 heavy (non-hydrogen) atoms. The average molecular weight is 172 g/mol. The summed E-state index contributed by atoms with van der Waals surface area (Å²) in [7, 11) is 6.37. The molecule has 0 saturated carbocycles. The Hall–Kier alpha value is 0.354. The van der Waals surface area contributed by atoms with E-state index >= 15 is 0 Å². The van der Waals surface area contributed by atoms with Crippen LogP contribution in [0.1, 0.15) is 20.8 Å². The molecule has 0 aliphatic rings. The molecular formula is C6H12O2Si2. The highest BCUT2D eigenvalue weighted by atomic mass is 28.2. The van der Waals surface area contributed by atoms with Crippen LogP contribution in [0, 0.1) is 0 Å². The number of hydrogen-bond acceptors (Lipinski definition) is 2. The van der Waals surface area contributed by atoms with E-state index < -0.39 is 11.2 Å². The third-order valence-corrected chi connectivity index (χ3v) is 2.92. The maximum Gasteiger partial charge on any atom is 0.0871 e. The smallest absolute Gasteiger partial charge is 0.0871 e. The molecule has 0 rings (SSSR count). The van der Waals surface area contributed by atoms with Gasteiger partial charge in [-0.3, -0.25) is 0 Å². The summed E-state index contributed by atoms with van der Waals surface area (Å²) >= 11 is 0. The van der Waals surface area contributed by atoms with Gasteiger partial charge in [-0.2, -0.15) is 0 Å². The zero-order valence-corrected chi connectivity index (χ0v) is 8.47. The minimum atomic E-state index is -1.18. The van der Waals surface area contributed by atoms with E-state index in [-0.39, 0.29) is 5.16 Å². The van der Waals surface area contributed by atoms with Crippen LogP contribution >= 0.6 is 0 Å². The first kappa shape index (κ1) is 10.4. The Kier molecular flexibility index (Phi) is 2.87. The standard InChI is InChI=1S/C6H12O2Si2/c1-5(2,7)6(3,8)4(9)10/h4,7-8H,1-3H3. The molecule has 0 fully saturated rings. The molecule has 0 spiro atoms. The third kappa shape index (κ3) is 1.92. The van der Waals surface area contributed by atoms with Crippen LogP contribution < -0.4 is 0 Å². The second-order valence-electron chi connectivity index (χ2n) is 3.14. The van der Waals surface area contributed by atoms with Gasteiger partial charge >= 0.3 is 0 Å². The van der Waals surface area contributed by atoms with Gasteiger partial charge in [0.1, 0.15) is 0 Å². The molecule has 1 atom stereocenters. The van der Waals surface area contributed by atoms with Crippen molar-refractivity contribution in [2.75, 3.05) is 0 Å². The molecular weight excluding hydrogens is 160 g/mol. The summed E-state index contributed by atoms with van der Waals surface area (Å²) in [6, 6.07) is 0. The Morgan fingerprint density at radius 1 is 1.10 bits per heavy atom. The Bertz CT molecular complexity index is 115. The minimum Gasteiger partial charge on any atom is -0.388 e. The SMILES string of the molecule is CC(C)(O)C(C)(O)C([Si])[Si]. The van der Waals surface area contributed by atoms with Crippen molar-refractivity contribution in [3.63, 3.8) is 0 Å². The summed E-state index contributed by atoms with van der Waals surface area (Å²) in [5.41, 5.74) is -2.30. The van der Waals surface area contributed by atoms with Crippen molar-refractivity contribution in [3.8, 4) is 0 Å². The van der Waals surface area contributed by atoms with Gasteiger partial charge in [0, 0.05) is 20.5 Å². The van der Waals surface area contributed by atoms with Crippen LogP contribution in [0.15, 0.2) is 0 Å². The van der Waals surface area contributed by atoms with Gasteiger partial charge in [-0.05, 0) is 25.9 Å². The first-order chi connectivity index (χ1) is 4.19.